The van der Waals surface area contributed by atoms with Gasteiger partial charge in [0.1, 0.15) is 12.4 Å². The zero-order valence-corrected chi connectivity index (χ0v) is 10.8. The van der Waals surface area contributed by atoms with Crippen molar-refractivity contribution in [2.45, 2.75) is 6.92 Å². The Balaban J connectivity index is 2.53. The molecular formula is C13H15ClN2O. The van der Waals surface area contributed by atoms with E-state index in [4.69, 9.17) is 16.3 Å². The maximum Gasteiger partial charge on any atom is 0.152 e. The van der Waals surface area contributed by atoms with Crippen LogP contribution >= 0.6 is 11.6 Å². The Labute approximate surface area is 106 Å². The highest BCUT2D eigenvalue weighted by Crippen LogP contribution is 2.32. The van der Waals surface area contributed by atoms with Gasteiger partial charge in [-0.15, -0.1) is 0 Å². The molecule has 0 aromatic rings. The minimum Gasteiger partial charge on any atom is -0.476 e. The number of halogens is 1. The molecule has 0 spiro atoms. The van der Waals surface area contributed by atoms with Crippen molar-refractivity contribution in [3.8, 4) is 0 Å². The lowest BCUT2D eigenvalue weighted by atomic mass is 9.96. The van der Waals surface area contributed by atoms with Crippen LogP contribution in [0.25, 0.3) is 0 Å². The van der Waals surface area contributed by atoms with Gasteiger partial charge >= 0.3 is 0 Å². The summed E-state index contributed by atoms with van der Waals surface area (Å²) in [6, 6.07) is 0. The molecule has 1 aliphatic heterocycles. The van der Waals surface area contributed by atoms with Gasteiger partial charge in [-0.3, -0.25) is 9.89 Å². The minimum absolute atomic E-state index is 0.567. The van der Waals surface area contributed by atoms with E-state index in [0.29, 0.717) is 11.8 Å². The molecule has 2 aliphatic rings. The third-order valence-electron chi connectivity index (χ3n) is 2.70. The minimum atomic E-state index is 0.567. The SMILES string of the molecule is C=CN=C1C2=C(C=C(Cl)/C1=C/C)CN(C)CO2. The third-order valence-corrected chi connectivity index (χ3v) is 3.01. The number of rotatable bonds is 1. The standard InChI is InChI=1S/C13H15ClN2O/c1-4-10-11(14)6-9-7-16(3)8-17-13(9)12(10)15-5-2/h4-6H,2,7-8H2,1,3H3/b10-4-,15-12?. The van der Waals surface area contributed by atoms with E-state index in [1.165, 1.54) is 6.20 Å². The Morgan fingerprint density at radius 2 is 2.35 bits per heavy atom. The molecule has 0 N–H and O–H groups in total. The van der Waals surface area contributed by atoms with Crippen LogP contribution in [0, 0.1) is 0 Å². The Kier molecular flexibility index (Phi) is 3.50. The van der Waals surface area contributed by atoms with E-state index in [-0.39, 0.29) is 0 Å². The lowest BCUT2D eigenvalue weighted by Crippen LogP contribution is -2.33. The number of nitrogens with zero attached hydrogens (tertiary/aromatic N) is 2. The first-order chi connectivity index (χ1) is 8.17. The topological polar surface area (TPSA) is 24.8 Å². The van der Waals surface area contributed by atoms with Crippen LogP contribution in [0.3, 0.4) is 0 Å². The molecule has 0 saturated carbocycles. The zero-order valence-electron chi connectivity index (χ0n) is 10.0. The fourth-order valence-electron chi connectivity index (χ4n) is 1.97. The monoisotopic (exact) mass is 250 g/mol. The second kappa shape index (κ2) is 4.90. The summed E-state index contributed by atoms with van der Waals surface area (Å²) in [6.45, 7) is 6.96. The fraction of sp³-hybridized carbons (Fsp3) is 0.308. The molecule has 0 saturated heterocycles. The van der Waals surface area contributed by atoms with E-state index >= 15 is 0 Å². The van der Waals surface area contributed by atoms with E-state index < -0.39 is 0 Å². The van der Waals surface area contributed by atoms with Crippen LogP contribution in [-0.2, 0) is 4.74 Å². The van der Waals surface area contributed by atoms with Crippen LogP contribution in [0.5, 0.6) is 0 Å². The summed E-state index contributed by atoms with van der Waals surface area (Å²) < 4.78 is 5.72. The molecule has 0 atom stereocenters. The summed E-state index contributed by atoms with van der Waals surface area (Å²) in [5.41, 5.74) is 2.74. The predicted octanol–water partition coefficient (Wildman–Crippen LogP) is 2.83. The van der Waals surface area contributed by atoms with Crippen molar-refractivity contribution < 1.29 is 4.74 Å². The Morgan fingerprint density at radius 1 is 1.59 bits per heavy atom. The van der Waals surface area contributed by atoms with E-state index in [1.54, 1.807) is 0 Å². The lowest BCUT2D eigenvalue weighted by Gasteiger charge is -2.30. The summed E-state index contributed by atoms with van der Waals surface area (Å²) in [5.74, 6) is 0.820. The molecule has 0 bridgehead atoms. The molecule has 17 heavy (non-hydrogen) atoms. The molecule has 0 unspecified atom stereocenters. The van der Waals surface area contributed by atoms with Gasteiger partial charge in [-0.05, 0) is 20.0 Å². The fourth-order valence-corrected chi connectivity index (χ4v) is 2.30. The van der Waals surface area contributed by atoms with Crippen molar-refractivity contribution in [2.75, 3.05) is 20.3 Å². The van der Waals surface area contributed by atoms with Crippen molar-refractivity contribution in [2.24, 2.45) is 4.99 Å². The maximum atomic E-state index is 6.25. The number of aliphatic imine (C=N–C) groups is 1. The highest BCUT2D eigenvalue weighted by Gasteiger charge is 2.28. The van der Waals surface area contributed by atoms with Gasteiger partial charge in [-0.2, -0.15) is 0 Å². The quantitative estimate of drug-likeness (QED) is 0.715. The maximum absolute atomic E-state index is 6.25. The van der Waals surface area contributed by atoms with Gasteiger partial charge in [0.15, 0.2) is 5.76 Å². The first kappa shape index (κ1) is 12.1. The van der Waals surface area contributed by atoms with Crippen molar-refractivity contribution in [3.05, 3.63) is 46.9 Å². The van der Waals surface area contributed by atoms with Gasteiger partial charge < -0.3 is 4.74 Å². The average molecular weight is 251 g/mol. The van der Waals surface area contributed by atoms with Crippen LogP contribution in [0.4, 0.5) is 0 Å². The Hall–Kier alpha value is -1.32. The molecule has 2 rings (SSSR count). The Morgan fingerprint density at radius 3 is 3.00 bits per heavy atom. The predicted molar refractivity (Wildman–Crippen MR) is 70.9 cm³/mol. The molecule has 0 amide bonds. The molecule has 90 valence electrons. The molecule has 3 nitrogen and oxygen atoms in total. The number of allylic oxidation sites excluding steroid dienone is 3. The summed E-state index contributed by atoms with van der Waals surface area (Å²) >= 11 is 6.25. The van der Waals surface area contributed by atoms with E-state index in [2.05, 4.69) is 16.5 Å². The summed E-state index contributed by atoms with van der Waals surface area (Å²) in [6.07, 6.45) is 5.40. The van der Waals surface area contributed by atoms with Crippen molar-refractivity contribution >= 4 is 17.3 Å². The lowest BCUT2D eigenvalue weighted by molar-refractivity contribution is 0.0881. The smallest absolute Gasteiger partial charge is 0.152 e. The molecule has 0 aromatic heterocycles. The zero-order chi connectivity index (χ0) is 12.4. The van der Waals surface area contributed by atoms with Crippen LogP contribution in [-0.4, -0.2) is 30.9 Å². The van der Waals surface area contributed by atoms with E-state index in [0.717, 1.165) is 29.2 Å². The number of hydrogen-bond donors (Lipinski definition) is 0. The molecule has 0 aromatic carbocycles. The number of ether oxygens (including phenoxy) is 1. The van der Waals surface area contributed by atoms with Gasteiger partial charge in [0.2, 0.25) is 0 Å². The highest BCUT2D eigenvalue weighted by molar-refractivity contribution is 6.38. The summed E-state index contributed by atoms with van der Waals surface area (Å²) in [5, 5.41) is 0.700. The Bertz CT molecular complexity index is 472. The normalized spacial score (nSPS) is 25.7. The van der Waals surface area contributed by atoms with Gasteiger partial charge in [-0.1, -0.05) is 24.3 Å². The molecule has 0 radical (unpaired) electrons. The van der Waals surface area contributed by atoms with Gasteiger partial charge in [0.25, 0.3) is 0 Å². The summed E-state index contributed by atoms with van der Waals surface area (Å²) in [4.78, 5) is 6.36. The van der Waals surface area contributed by atoms with Gasteiger partial charge in [-0.25, -0.2) is 0 Å². The first-order valence-corrected chi connectivity index (χ1v) is 5.83. The van der Waals surface area contributed by atoms with Crippen molar-refractivity contribution in [1.29, 1.82) is 0 Å². The molecule has 1 heterocycles. The number of hydrogen-bond acceptors (Lipinski definition) is 3. The molecular weight excluding hydrogens is 236 g/mol. The van der Waals surface area contributed by atoms with Crippen molar-refractivity contribution in [3.63, 3.8) is 0 Å². The second-order valence-electron chi connectivity index (χ2n) is 4.00. The molecule has 1 aliphatic carbocycles. The van der Waals surface area contributed by atoms with E-state index in [9.17, 15) is 0 Å². The van der Waals surface area contributed by atoms with Crippen LogP contribution in [0.15, 0.2) is 51.9 Å². The van der Waals surface area contributed by atoms with Crippen molar-refractivity contribution in [1.82, 2.24) is 4.90 Å². The first-order valence-electron chi connectivity index (χ1n) is 5.45. The largest absolute Gasteiger partial charge is 0.476 e. The van der Waals surface area contributed by atoms with Crippen LogP contribution < -0.4 is 0 Å². The van der Waals surface area contributed by atoms with Gasteiger partial charge in [0, 0.05) is 23.9 Å². The highest BCUT2D eigenvalue weighted by atomic mass is 35.5. The molecule has 4 heteroatoms. The van der Waals surface area contributed by atoms with Crippen LogP contribution in [0.1, 0.15) is 6.92 Å². The molecule has 0 fully saturated rings. The summed E-state index contributed by atoms with van der Waals surface area (Å²) in [7, 11) is 2.00. The van der Waals surface area contributed by atoms with E-state index in [1.807, 2.05) is 26.1 Å². The van der Waals surface area contributed by atoms with Crippen LogP contribution in [0.2, 0.25) is 0 Å². The van der Waals surface area contributed by atoms with Gasteiger partial charge in [0.05, 0.1) is 5.03 Å². The third kappa shape index (κ3) is 2.21. The second-order valence-corrected chi connectivity index (χ2v) is 4.40. The number of likely N-dealkylation sites (N-methyl/N-ethyl adjacent to an activating group) is 1. The average Bonchev–Trinajstić information content (AvgIpc) is 2.29.